The highest BCUT2D eigenvalue weighted by molar-refractivity contribution is 9.09. The summed E-state index contributed by atoms with van der Waals surface area (Å²) in [5.74, 6) is 0.463. The van der Waals surface area contributed by atoms with Crippen LogP contribution < -0.4 is 14.8 Å². The molecule has 1 amide bonds. The zero-order valence-electron chi connectivity index (χ0n) is 13.7. The summed E-state index contributed by atoms with van der Waals surface area (Å²) in [5, 5.41) is 2.68. The Labute approximate surface area is 153 Å². The SMILES string of the molecule is COc1ccc(CNC(=O)c2cncc(O[C@@H](Br)C3CC3)c2)cc1F. The highest BCUT2D eigenvalue weighted by Gasteiger charge is 2.31. The van der Waals surface area contributed by atoms with Crippen molar-refractivity contribution in [2.24, 2.45) is 5.92 Å². The van der Waals surface area contributed by atoms with E-state index in [1.54, 1.807) is 18.3 Å². The number of nitrogens with one attached hydrogen (secondary N) is 1. The summed E-state index contributed by atoms with van der Waals surface area (Å²) in [6.07, 6.45) is 5.33. The Hall–Kier alpha value is -2.15. The van der Waals surface area contributed by atoms with E-state index in [9.17, 15) is 9.18 Å². The second kappa shape index (κ2) is 7.82. The summed E-state index contributed by atoms with van der Waals surface area (Å²) in [4.78, 5) is 16.3. The lowest BCUT2D eigenvalue weighted by molar-refractivity contribution is 0.0950. The normalized spacial score (nSPS) is 14.7. The van der Waals surface area contributed by atoms with Crippen molar-refractivity contribution in [2.45, 2.75) is 24.4 Å². The minimum absolute atomic E-state index is 0.0603. The predicted molar refractivity (Wildman–Crippen MR) is 94.4 cm³/mol. The topological polar surface area (TPSA) is 60.5 Å². The summed E-state index contributed by atoms with van der Waals surface area (Å²) < 4.78 is 24.3. The van der Waals surface area contributed by atoms with Gasteiger partial charge in [-0.25, -0.2) is 4.39 Å². The molecule has 1 fully saturated rings. The van der Waals surface area contributed by atoms with Crippen molar-refractivity contribution in [2.75, 3.05) is 7.11 Å². The highest BCUT2D eigenvalue weighted by Crippen LogP contribution is 2.37. The molecule has 1 heterocycles. The Morgan fingerprint density at radius 2 is 2.20 bits per heavy atom. The molecule has 1 aromatic heterocycles. The molecule has 1 aliphatic rings. The number of methoxy groups -OCH3 is 1. The fourth-order valence-electron chi connectivity index (χ4n) is 2.30. The van der Waals surface area contributed by atoms with Crippen LogP contribution in [0.2, 0.25) is 0 Å². The third-order valence-electron chi connectivity index (χ3n) is 3.89. The molecule has 1 aromatic carbocycles. The molecule has 0 radical (unpaired) electrons. The minimum Gasteiger partial charge on any atom is -0.494 e. The van der Waals surface area contributed by atoms with Crippen molar-refractivity contribution in [1.29, 1.82) is 0 Å². The Morgan fingerprint density at radius 3 is 2.88 bits per heavy atom. The van der Waals surface area contributed by atoms with E-state index in [0.717, 1.165) is 12.8 Å². The number of benzene rings is 1. The molecular weight excluding hydrogens is 391 g/mol. The number of carbonyl (C=O) groups excluding carboxylic acids is 1. The van der Waals surface area contributed by atoms with E-state index in [-0.39, 0.29) is 23.2 Å². The first-order valence-electron chi connectivity index (χ1n) is 7.93. The number of ether oxygens (including phenoxy) is 2. The van der Waals surface area contributed by atoms with Gasteiger partial charge >= 0.3 is 0 Å². The summed E-state index contributed by atoms with van der Waals surface area (Å²) in [5.41, 5.74) is 1.03. The Kier molecular flexibility index (Phi) is 5.53. The van der Waals surface area contributed by atoms with E-state index in [1.165, 1.54) is 25.4 Å². The van der Waals surface area contributed by atoms with Crippen LogP contribution in [-0.4, -0.2) is 23.0 Å². The van der Waals surface area contributed by atoms with Gasteiger partial charge in [0.15, 0.2) is 16.6 Å². The monoisotopic (exact) mass is 408 g/mol. The maximum Gasteiger partial charge on any atom is 0.253 e. The molecule has 25 heavy (non-hydrogen) atoms. The first-order chi connectivity index (χ1) is 12.1. The van der Waals surface area contributed by atoms with E-state index in [1.807, 2.05) is 0 Å². The lowest BCUT2D eigenvalue weighted by atomic mass is 10.2. The van der Waals surface area contributed by atoms with Gasteiger partial charge in [0.2, 0.25) is 0 Å². The molecule has 0 aliphatic heterocycles. The number of rotatable bonds is 7. The molecule has 0 saturated heterocycles. The van der Waals surface area contributed by atoms with E-state index >= 15 is 0 Å². The van der Waals surface area contributed by atoms with Crippen molar-refractivity contribution in [3.8, 4) is 11.5 Å². The largest absolute Gasteiger partial charge is 0.494 e. The summed E-state index contributed by atoms with van der Waals surface area (Å²) >= 11 is 3.49. The number of halogens is 2. The van der Waals surface area contributed by atoms with E-state index in [2.05, 4.69) is 26.2 Å². The molecule has 7 heteroatoms. The lowest BCUT2D eigenvalue weighted by Gasteiger charge is -2.12. The number of alkyl halides is 1. The Morgan fingerprint density at radius 1 is 1.40 bits per heavy atom. The summed E-state index contributed by atoms with van der Waals surface area (Å²) in [6, 6.07) is 6.21. The molecule has 0 bridgehead atoms. The smallest absolute Gasteiger partial charge is 0.253 e. The average Bonchev–Trinajstić information content (AvgIpc) is 3.45. The van der Waals surface area contributed by atoms with Crippen molar-refractivity contribution >= 4 is 21.8 Å². The van der Waals surface area contributed by atoms with Gasteiger partial charge in [0.1, 0.15) is 5.75 Å². The van der Waals surface area contributed by atoms with Gasteiger partial charge in [-0.2, -0.15) is 0 Å². The maximum absolute atomic E-state index is 13.7. The Bertz CT molecular complexity index is 768. The second-order valence-corrected chi connectivity index (χ2v) is 6.77. The first kappa shape index (κ1) is 17.7. The van der Waals surface area contributed by atoms with Crippen LogP contribution in [0.25, 0.3) is 0 Å². The first-order valence-corrected chi connectivity index (χ1v) is 8.85. The Balaban J connectivity index is 1.60. The van der Waals surface area contributed by atoms with Crippen LogP contribution in [0.15, 0.2) is 36.7 Å². The number of aromatic nitrogens is 1. The third-order valence-corrected chi connectivity index (χ3v) is 4.82. The predicted octanol–water partition coefficient (Wildman–Crippen LogP) is 3.67. The van der Waals surface area contributed by atoms with Crippen LogP contribution in [0, 0.1) is 11.7 Å². The number of hydrogen-bond acceptors (Lipinski definition) is 4. The quantitative estimate of drug-likeness (QED) is 0.709. The molecule has 1 atom stereocenters. The summed E-state index contributed by atoms with van der Waals surface area (Å²) in [6.45, 7) is 0.202. The standard InChI is InChI=1S/C18H18BrFN2O3/c1-24-16-5-2-11(6-15(16)20)8-22-18(23)13-7-14(10-21-9-13)25-17(19)12-3-4-12/h2,5-7,9-10,12,17H,3-4,8H2,1H3,(H,22,23)/t17-/m1/s1. The molecule has 2 aromatic rings. The zero-order chi connectivity index (χ0) is 17.8. The fourth-order valence-corrected chi connectivity index (χ4v) is 3.04. The van der Waals surface area contributed by atoms with Crippen LogP contribution >= 0.6 is 15.9 Å². The number of pyridine rings is 1. The van der Waals surface area contributed by atoms with Crippen molar-refractivity contribution in [1.82, 2.24) is 10.3 Å². The second-order valence-electron chi connectivity index (χ2n) is 5.87. The average molecular weight is 409 g/mol. The third kappa shape index (κ3) is 4.69. The molecule has 3 rings (SSSR count). The lowest BCUT2D eigenvalue weighted by Crippen LogP contribution is -2.23. The van der Waals surface area contributed by atoms with Gasteiger partial charge in [0, 0.05) is 18.7 Å². The molecule has 1 aliphatic carbocycles. The van der Waals surface area contributed by atoms with Crippen LogP contribution in [0.5, 0.6) is 11.5 Å². The van der Waals surface area contributed by atoms with E-state index in [0.29, 0.717) is 22.8 Å². The number of hydrogen-bond donors (Lipinski definition) is 1. The van der Waals surface area contributed by atoms with Gasteiger partial charge in [-0.1, -0.05) is 6.07 Å². The minimum atomic E-state index is -0.463. The molecule has 132 valence electrons. The van der Waals surface area contributed by atoms with E-state index in [4.69, 9.17) is 9.47 Å². The van der Waals surface area contributed by atoms with Crippen LogP contribution in [0.3, 0.4) is 0 Å². The van der Waals surface area contributed by atoms with Gasteiger partial charge in [0.25, 0.3) is 5.91 Å². The van der Waals surface area contributed by atoms with Crippen LogP contribution in [0.1, 0.15) is 28.8 Å². The zero-order valence-corrected chi connectivity index (χ0v) is 15.3. The van der Waals surface area contributed by atoms with Gasteiger partial charge in [-0.05, 0) is 52.5 Å². The summed E-state index contributed by atoms with van der Waals surface area (Å²) in [7, 11) is 1.41. The van der Waals surface area contributed by atoms with E-state index < -0.39 is 5.82 Å². The van der Waals surface area contributed by atoms with Gasteiger partial charge in [-0.15, -0.1) is 0 Å². The molecule has 1 N–H and O–H groups in total. The number of amides is 1. The molecule has 0 spiro atoms. The number of carbonyl (C=O) groups is 1. The van der Waals surface area contributed by atoms with Gasteiger partial charge in [-0.3, -0.25) is 9.78 Å². The van der Waals surface area contributed by atoms with Crippen LogP contribution in [-0.2, 0) is 6.54 Å². The van der Waals surface area contributed by atoms with Gasteiger partial charge in [0.05, 0.1) is 18.9 Å². The highest BCUT2D eigenvalue weighted by atomic mass is 79.9. The van der Waals surface area contributed by atoms with Crippen LogP contribution in [0.4, 0.5) is 4.39 Å². The molecule has 0 unspecified atom stereocenters. The van der Waals surface area contributed by atoms with Crippen molar-refractivity contribution < 1.29 is 18.7 Å². The van der Waals surface area contributed by atoms with Crippen molar-refractivity contribution in [3.63, 3.8) is 0 Å². The van der Waals surface area contributed by atoms with Gasteiger partial charge < -0.3 is 14.8 Å². The molecule has 1 saturated carbocycles. The molecular formula is C18H18BrFN2O3. The number of nitrogens with zero attached hydrogens (tertiary/aromatic N) is 1. The fraction of sp³-hybridized carbons (Fsp3) is 0.333. The molecule has 5 nitrogen and oxygen atoms in total. The van der Waals surface area contributed by atoms with Crippen molar-refractivity contribution in [3.05, 3.63) is 53.6 Å². The maximum atomic E-state index is 13.7.